The van der Waals surface area contributed by atoms with Gasteiger partial charge in [0.15, 0.2) is 0 Å². The molecule has 1 N–H and O–H groups in total. The molecular weight excluding hydrogens is 385 g/mol. The van der Waals surface area contributed by atoms with Crippen molar-refractivity contribution in [2.45, 2.75) is 32.4 Å². The van der Waals surface area contributed by atoms with Crippen molar-refractivity contribution in [2.24, 2.45) is 0 Å². The Morgan fingerprint density at radius 1 is 1.22 bits per heavy atom. The van der Waals surface area contributed by atoms with Gasteiger partial charge in [-0.2, -0.15) is 4.68 Å². The maximum Gasteiger partial charge on any atom is 0.248 e. The van der Waals surface area contributed by atoms with Crippen LogP contribution < -0.4 is 10.2 Å². The third-order valence-electron chi connectivity index (χ3n) is 4.76. The number of aromatic nitrogens is 5. The standard InChI is InChI=1S/C18H19Cl2N7/c1-12-5-4-10-26(12)17-13(6-3-9-21-17)11-22-18-23-24-25-27(18)15-8-2-7-14(19)16(15)20/h2-3,6-9,12H,4-5,10-11H2,1H3,(H,22,23,25). The molecule has 1 aliphatic rings. The van der Waals surface area contributed by atoms with Gasteiger partial charge in [-0.3, -0.25) is 0 Å². The molecule has 0 spiro atoms. The van der Waals surface area contributed by atoms with Gasteiger partial charge >= 0.3 is 0 Å². The summed E-state index contributed by atoms with van der Waals surface area (Å²) in [6.45, 7) is 3.81. The first-order chi connectivity index (χ1) is 13.1. The Bertz CT molecular complexity index is 943. The number of nitrogens with one attached hydrogen (secondary N) is 1. The van der Waals surface area contributed by atoms with Crippen molar-refractivity contribution >= 4 is 35.0 Å². The summed E-state index contributed by atoms with van der Waals surface area (Å²) in [6.07, 6.45) is 4.21. The normalized spacial score (nSPS) is 16.7. The van der Waals surface area contributed by atoms with Crippen molar-refractivity contribution < 1.29 is 0 Å². The molecule has 0 saturated carbocycles. The number of nitrogens with zero attached hydrogens (tertiary/aromatic N) is 6. The smallest absolute Gasteiger partial charge is 0.248 e. The molecule has 4 rings (SSSR count). The Kier molecular flexibility index (Phi) is 5.13. The Morgan fingerprint density at radius 3 is 2.93 bits per heavy atom. The van der Waals surface area contributed by atoms with Crippen LogP contribution in [0.3, 0.4) is 0 Å². The van der Waals surface area contributed by atoms with Crippen LogP contribution in [0, 0.1) is 0 Å². The molecule has 3 aromatic rings. The molecular formula is C18H19Cl2N7. The number of benzene rings is 1. The molecule has 1 saturated heterocycles. The van der Waals surface area contributed by atoms with Gasteiger partial charge in [0.25, 0.3) is 0 Å². The molecule has 1 atom stereocenters. The number of hydrogen-bond acceptors (Lipinski definition) is 6. The fraction of sp³-hybridized carbons (Fsp3) is 0.333. The van der Waals surface area contributed by atoms with Crippen LogP contribution >= 0.6 is 23.2 Å². The first-order valence-corrected chi connectivity index (χ1v) is 9.58. The van der Waals surface area contributed by atoms with E-state index in [1.54, 1.807) is 10.7 Å². The highest BCUT2D eigenvalue weighted by Crippen LogP contribution is 2.30. The van der Waals surface area contributed by atoms with Crippen LogP contribution in [0.15, 0.2) is 36.5 Å². The average molecular weight is 404 g/mol. The Hall–Kier alpha value is -2.38. The zero-order valence-corrected chi connectivity index (χ0v) is 16.3. The lowest BCUT2D eigenvalue weighted by Crippen LogP contribution is -2.28. The molecule has 0 amide bonds. The minimum absolute atomic E-state index is 0.405. The number of halogens is 2. The van der Waals surface area contributed by atoms with Gasteiger partial charge in [0, 0.05) is 30.9 Å². The maximum absolute atomic E-state index is 6.31. The van der Waals surface area contributed by atoms with E-state index in [-0.39, 0.29) is 0 Å². The maximum atomic E-state index is 6.31. The zero-order valence-electron chi connectivity index (χ0n) is 14.8. The van der Waals surface area contributed by atoms with E-state index in [1.165, 1.54) is 12.8 Å². The highest BCUT2D eigenvalue weighted by molar-refractivity contribution is 6.43. The number of tetrazole rings is 1. The molecule has 140 valence electrons. The Labute approximate surface area is 167 Å². The minimum atomic E-state index is 0.405. The lowest BCUT2D eigenvalue weighted by atomic mass is 10.2. The molecule has 1 aliphatic heterocycles. The van der Waals surface area contributed by atoms with Crippen LogP contribution in [0.2, 0.25) is 10.0 Å². The van der Waals surface area contributed by atoms with Crippen molar-refractivity contribution in [1.82, 2.24) is 25.2 Å². The Balaban J connectivity index is 1.58. The van der Waals surface area contributed by atoms with Crippen molar-refractivity contribution in [3.8, 4) is 5.69 Å². The summed E-state index contributed by atoms with van der Waals surface area (Å²) in [6, 6.07) is 9.86. The molecule has 1 aromatic carbocycles. The molecule has 0 aliphatic carbocycles. The minimum Gasteiger partial charge on any atom is -0.354 e. The Morgan fingerprint density at radius 2 is 2.11 bits per heavy atom. The molecule has 9 heteroatoms. The summed E-state index contributed by atoms with van der Waals surface area (Å²) >= 11 is 12.4. The lowest BCUT2D eigenvalue weighted by Gasteiger charge is -2.25. The van der Waals surface area contributed by atoms with Gasteiger partial charge in [-0.25, -0.2) is 4.98 Å². The summed E-state index contributed by atoms with van der Waals surface area (Å²) in [5.41, 5.74) is 1.72. The van der Waals surface area contributed by atoms with E-state index in [2.05, 4.69) is 43.7 Å². The van der Waals surface area contributed by atoms with E-state index < -0.39 is 0 Å². The highest BCUT2D eigenvalue weighted by Gasteiger charge is 2.23. The monoisotopic (exact) mass is 403 g/mol. The van der Waals surface area contributed by atoms with Crippen LogP contribution in [0.1, 0.15) is 25.3 Å². The first kappa shape index (κ1) is 18.0. The predicted molar refractivity (Wildman–Crippen MR) is 107 cm³/mol. The van der Waals surface area contributed by atoms with E-state index in [0.29, 0.717) is 34.3 Å². The molecule has 27 heavy (non-hydrogen) atoms. The van der Waals surface area contributed by atoms with Crippen molar-refractivity contribution in [3.05, 3.63) is 52.1 Å². The fourth-order valence-corrected chi connectivity index (χ4v) is 3.74. The second kappa shape index (κ2) is 7.70. The van der Waals surface area contributed by atoms with Gasteiger partial charge in [-0.05, 0) is 48.4 Å². The second-order valence-electron chi connectivity index (χ2n) is 6.51. The average Bonchev–Trinajstić information content (AvgIpc) is 3.31. The number of anilines is 2. The summed E-state index contributed by atoms with van der Waals surface area (Å²) in [5, 5.41) is 16.0. The third-order valence-corrected chi connectivity index (χ3v) is 5.57. The van der Waals surface area contributed by atoms with Crippen LogP contribution in [-0.2, 0) is 6.54 Å². The van der Waals surface area contributed by atoms with Gasteiger partial charge in [0.1, 0.15) is 5.82 Å². The number of hydrogen-bond donors (Lipinski definition) is 1. The zero-order chi connectivity index (χ0) is 18.8. The van der Waals surface area contributed by atoms with Gasteiger partial charge in [0.2, 0.25) is 5.95 Å². The van der Waals surface area contributed by atoms with Crippen LogP contribution in [0.25, 0.3) is 5.69 Å². The van der Waals surface area contributed by atoms with Crippen molar-refractivity contribution in [1.29, 1.82) is 0 Å². The lowest BCUT2D eigenvalue weighted by molar-refractivity contribution is 0.723. The fourth-order valence-electron chi connectivity index (χ4n) is 3.36. The van der Waals surface area contributed by atoms with E-state index in [9.17, 15) is 0 Å². The molecule has 0 bridgehead atoms. The first-order valence-electron chi connectivity index (χ1n) is 8.82. The van der Waals surface area contributed by atoms with Gasteiger partial charge in [0.05, 0.1) is 15.7 Å². The molecule has 1 fully saturated rings. The van der Waals surface area contributed by atoms with Crippen molar-refractivity contribution in [3.63, 3.8) is 0 Å². The highest BCUT2D eigenvalue weighted by atomic mass is 35.5. The summed E-state index contributed by atoms with van der Waals surface area (Å²) < 4.78 is 1.54. The third kappa shape index (κ3) is 3.57. The van der Waals surface area contributed by atoms with E-state index in [1.807, 2.05) is 24.4 Å². The van der Waals surface area contributed by atoms with E-state index in [4.69, 9.17) is 23.2 Å². The molecule has 7 nitrogen and oxygen atoms in total. The van der Waals surface area contributed by atoms with E-state index in [0.717, 1.165) is 17.9 Å². The van der Waals surface area contributed by atoms with E-state index >= 15 is 0 Å². The molecule has 0 radical (unpaired) electrons. The topological polar surface area (TPSA) is 71.8 Å². The second-order valence-corrected chi connectivity index (χ2v) is 7.30. The quantitative estimate of drug-likeness (QED) is 0.694. The summed E-state index contributed by atoms with van der Waals surface area (Å²) in [7, 11) is 0. The van der Waals surface area contributed by atoms with Crippen molar-refractivity contribution in [2.75, 3.05) is 16.8 Å². The van der Waals surface area contributed by atoms with Gasteiger partial charge in [-0.15, -0.1) is 0 Å². The molecule has 1 unspecified atom stereocenters. The predicted octanol–water partition coefficient (Wildman–Crippen LogP) is 3.96. The van der Waals surface area contributed by atoms with Crippen LogP contribution in [-0.4, -0.2) is 37.8 Å². The molecule has 3 heterocycles. The SMILES string of the molecule is CC1CCCN1c1ncccc1CNc1nnnn1-c1cccc(Cl)c1Cl. The van der Waals surface area contributed by atoms with Crippen LogP contribution in [0.5, 0.6) is 0 Å². The van der Waals surface area contributed by atoms with Gasteiger partial charge in [-0.1, -0.05) is 40.4 Å². The van der Waals surface area contributed by atoms with Gasteiger partial charge < -0.3 is 10.2 Å². The summed E-state index contributed by atoms with van der Waals surface area (Å²) in [5.74, 6) is 1.50. The number of pyridine rings is 1. The molecule has 2 aromatic heterocycles. The van der Waals surface area contributed by atoms with Crippen LogP contribution in [0.4, 0.5) is 11.8 Å². The number of rotatable bonds is 5. The summed E-state index contributed by atoms with van der Waals surface area (Å²) in [4.78, 5) is 6.96. The largest absolute Gasteiger partial charge is 0.354 e.